The summed E-state index contributed by atoms with van der Waals surface area (Å²) in [6.45, 7) is 0.891. The van der Waals surface area contributed by atoms with Crippen molar-refractivity contribution in [2.75, 3.05) is 0 Å². The standard InChI is InChI=1S/C15H14F3NO/c16-15(17,18)20-14-9-5-4-8-13(14)11-19-10-12-6-2-1-3-7-12/h1-9,19H,10-11H2. The topological polar surface area (TPSA) is 21.3 Å². The molecule has 0 unspecified atom stereocenters. The lowest BCUT2D eigenvalue weighted by atomic mass is 10.2. The second-order valence-electron chi connectivity index (χ2n) is 4.24. The number of halogens is 3. The van der Waals surface area contributed by atoms with E-state index in [1.165, 1.54) is 12.1 Å². The van der Waals surface area contributed by atoms with E-state index in [9.17, 15) is 13.2 Å². The first-order valence-electron chi connectivity index (χ1n) is 6.13. The van der Waals surface area contributed by atoms with E-state index in [0.29, 0.717) is 18.7 Å². The molecule has 0 bridgehead atoms. The summed E-state index contributed by atoms with van der Waals surface area (Å²) in [6.07, 6.45) is -4.67. The molecule has 2 aromatic rings. The van der Waals surface area contributed by atoms with Gasteiger partial charge in [-0.15, -0.1) is 13.2 Å². The lowest BCUT2D eigenvalue weighted by Gasteiger charge is -2.13. The highest BCUT2D eigenvalue weighted by Gasteiger charge is 2.31. The summed E-state index contributed by atoms with van der Waals surface area (Å²) >= 11 is 0. The molecule has 2 nitrogen and oxygen atoms in total. The van der Waals surface area contributed by atoms with Crippen molar-refractivity contribution < 1.29 is 17.9 Å². The molecule has 0 aromatic heterocycles. The van der Waals surface area contributed by atoms with Gasteiger partial charge < -0.3 is 10.1 Å². The molecule has 1 N–H and O–H groups in total. The Kier molecular flexibility index (Phi) is 4.63. The molecule has 0 radical (unpaired) electrons. The lowest BCUT2D eigenvalue weighted by molar-refractivity contribution is -0.274. The number of nitrogens with one attached hydrogen (secondary N) is 1. The van der Waals surface area contributed by atoms with Gasteiger partial charge in [-0.05, 0) is 11.6 Å². The quantitative estimate of drug-likeness (QED) is 0.898. The van der Waals surface area contributed by atoms with Gasteiger partial charge in [0.25, 0.3) is 0 Å². The van der Waals surface area contributed by atoms with Crippen molar-refractivity contribution >= 4 is 0 Å². The summed E-state index contributed by atoms with van der Waals surface area (Å²) in [7, 11) is 0. The van der Waals surface area contributed by atoms with E-state index in [1.54, 1.807) is 12.1 Å². The number of hydrogen-bond acceptors (Lipinski definition) is 2. The van der Waals surface area contributed by atoms with Crippen LogP contribution >= 0.6 is 0 Å². The Morgan fingerprint density at radius 1 is 0.850 bits per heavy atom. The van der Waals surface area contributed by atoms with Crippen molar-refractivity contribution in [1.29, 1.82) is 0 Å². The van der Waals surface area contributed by atoms with Gasteiger partial charge in [-0.3, -0.25) is 0 Å². The van der Waals surface area contributed by atoms with Gasteiger partial charge in [-0.25, -0.2) is 0 Å². The van der Waals surface area contributed by atoms with Crippen molar-refractivity contribution in [3.05, 3.63) is 65.7 Å². The fraction of sp³-hybridized carbons (Fsp3) is 0.200. The maximum atomic E-state index is 12.3. The highest BCUT2D eigenvalue weighted by atomic mass is 19.4. The lowest BCUT2D eigenvalue weighted by Crippen LogP contribution is -2.20. The summed E-state index contributed by atoms with van der Waals surface area (Å²) in [5.74, 6) is -0.166. The molecule has 0 aliphatic heterocycles. The van der Waals surface area contributed by atoms with Gasteiger partial charge in [-0.2, -0.15) is 0 Å². The minimum atomic E-state index is -4.67. The SMILES string of the molecule is FC(F)(F)Oc1ccccc1CNCc1ccccc1. The fourth-order valence-corrected chi connectivity index (χ4v) is 1.81. The Morgan fingerprint density at radius 3 is 2.20 bits per heavy atom. The highest BCUT2D eigenvalue weighted by Crippen LogP contribution is 2.26. The van der Waals surface area contributed by atoms with Gasteiger partial charge in [0.1, 0.15) is 5.75 Å². The Bertz CT molecular complexity index is 540. The predicted molar refractivity (Wildman–Crippen MR) is 70.1 cm³/mol. The third-order valence-corrected chi connectivity index (χ3v) is 2.69. The predicted octanol–water partition coefficient (Wildman–Crippen LogP) is 3.88. The van der Waals surface area contributed by atoms with E-state index >= 15 is 0 Å². The molecule has 0 aliphatic rings. The van der Waals surface area contributed by atoms with Gasteiger partial charge >= 0.3 is 6.36 Å². The van der Waals surface area contributed by atoms with Crippen molar-refractivity contribution in [2.24, 2.45) is 0 Å². The summed E-state index contributed by atoms with van der Waals surface area (Å²) in [5.41, 5.74) is 1.54. The second kappa shape index (κ2) is 6.43. The van der Waals surface area contributed by atoms with Crippen LogP contribution in [-0.4, -0.2) is 6.36 Å². The molecule has 5 heteroatoms. The van der Waals surface area contributed by atoms with Crippen LogP contribution < -0.4 is 10.1 Å². The fourth-order valence-electron chi connectivity index (χ4n) is 1.81. The van der Waals surface area contributed by atoms with E-state index in [2.05, 4.69) is 10.1 Å². The third kappa shape index (κ3) is 4.59. The van der Waals surface area contributed by atoms with Crippen LogP contribution in [0.2, 0.25) is 0 Å². The van der Waals surface area contributed by atoms with Crippen LogP contribution in [0.1, 0.15) is 11.1 Å². The summed E-state index contributed by atoms with van der Waals surface area (Å²) in [4.78, 5) is 0. The largest absolute Gasteiger partial charge is 0.573 e. The van der Waals surface area contributed by atoms with E-state index in [0.717, 1.165) is 5.56 Å². The molecular weight excluding hydrogens is 267 g/mol. The van der Waals surface area contributed by atoms with Crippen molar-refractivity contribution in [2.45, 2.75) is 19.5 Å². The second-order valence-corrected chi connectivity index (χ2v) is 4.24. The molecule has 2 aromatic carbocycles. The zero-order chi connectivity index (χ0) is 14.4. The van der Waals surface area contributed by atoms with E-state index in [4.69, 9.17) is 0 Å². The van der Waals surface area contributed by atoms with E-state index < -0.39 is 6.36 Å². The van der Waals surface area contributed by atoms with Gasteiger partial charge in [0.2, 0.25) is 0 Å². The Labute approximate surface area is 115 Å². The molecule has 0 atom stereocenters. The first kappa shape index (κ1) is 14.4. The smallest absolute Gasteiger partial charge is 0.405 e. The first-order valence-corrected chi connectivity index (χ1v) is 6.13. The number of alkyl halides is 3. The zero-order valence-electron chi connectivity index (χ0n) is 10.7. The van der Waals surface area contributed by atoms with Gasteiger partial charge in [0, 0.05) is 18.7 Å². The molecular formula is C15H14F3NO. The number of hydrogen-bond donors (Lipinski definition) is 1. The minimum absolute atomic E-state index is 0.166. The molecule has 0 amide bonds. The third-order valence-electron chi connectivity index (χ3n) is 2.69. The Balaban J connectivity index is 1.96. The Hall–Kier alpha value is -2.01. The van der Waals surface area contributed by atoms with Crippen LogP contribution in [0.5, 0.6) is 5.75 Å². The van der Waals surface area contributed by atoms with Crippen molar-refractivity contribution in [3.8, 4) is 5.75 Å². The van der Waals surface area contributed by atoms with Crippen LogP contribution in [0.15, 0.2) is 54.6 Å². The summed E-state index contributed by atoms with van der Waals surface area (Å²) < 4.78 is 40.8. The molecule has 0 fully saturated rings. The maximum absolute atomic E-state index is 12.3. The van der Waals surface area contributed by atoms with Gasteiger partial charge in [0.15, 0.2) is 0 Å². The molecule has 106 valence electrons. The molecule has 0 aliphatic carbocycles. The average molecular weight is 281 g/mol. The number of benzene rings is 2. The Morgan fingerprint density at radius 2 is 1.50 bits per heavy atom. The normalized spacial score (nSPS) is 11.3. The minimum Gasteiger partial charge on any atom is -0.405 e. The molecule has 20 heavy (non-hydrogen) atoms. The number of para-hydroxylation sites is 1. The molecule has 2 rings (SSSR count). The molecule has 0 heterocycles. The van der Waals surface area contributed by atoms with E-state index in [1.807, 2.05) is 30.3 Å². The average Bonchev–Trinajstić information content (AvgIpc) is 2.40. The van der Waals surface area contributed by atoms with Crippen LogP contribution in [0.25, 0.3) is 0 Å². The van der Waals surface area contributed by atoms with Crippen LogP contribution in [0.4, 0.5) is 13.2 Å². The van der Waals surface area contributed by atoms with E-state index in [-0.39, 0.29) is 5.75 Å². The van der Waals surface area contributed by atoms with Gasteiger partial charge in [-0.1, -0.05) is 48.5 Å². The van der Waals surface area contributed by atoms with Crippen molar-refractivity contribution in [1.82, 2.24) is 5.32 Å². The highest BCUT2D eigenvalue weighted by molar-refractivity contribution is 5.33. The summed E-state index contributed by atoms with van der Waals surface area (Å²) in [6, 6.07) is 15.8. The van der Waals surface area contributed by atoms with Crippen LogP contribution in [0, 0.1) is 0 Å². The molecule has 0 saturated heterocycles. The number of rotatable bonds is 5. The summed E-state index contributed by atoms with van der Waals surface area (Å²) in [5, 5.41) is 3.10. The van der Waals surface area contributed by atoms with Crippen LogP contribution in [-0.2, 0) is 13.1 Å². The zero-order valence-corrected chi connectivity index (χ0v) is 10.7. The molecule has 0 saturated carbocycles. The first-order chi connectivity index (χ1) is 9.54. The number of ether oxygens (including phenoxy) is 1. The monoisotopic (exact) mass is 281 g/mol. The van der Waals surface area contributed by atoms with Crippen molar-refractivity contribution in [3.63, 3.8) is 0 Å². The van der Waals surface area contributed by atoms with Gasteiger partial charge in [0.05, 0.1) is 0 Å². The molecule has 0 spiro atoms. The van der Waals surface area contributed by atoms with Crippen LogP contribution in [0.3, 0.4) is 0 Å². The maximum Gasteiger partial charge on any atom is 0.573 e.